The van der Waals surface area contributed by atoms with Gasteiger partial charge < -0.3 is 5.32 Å². The van der Waals surface area contributed by atoms with Crippen LogP contribution in [0.2, 0.25) is 0 Å². The van der Waals surface area contributed by atoms with Crippen molar-refractivity contribution < 1.29 is 0 Å². The molecule has 20 heavy (non-hydrogen) atoms. The highest BCUT2D eigenvalue weighted by molar-refractivity contribution is 5.14. The first-order valence-corrected chi connectivity index (χ1v) is 8.08. The molecule has 2 atom stereocenters. The first kappa shape index (κ1) is 14.1. The first-order valence-electron chi connectivity index (χ1n) is 8.08. The fraction of sp³-hybridized carbons (Fsp3) is 0.647. The highest BCUT2D eigenvalue weighted by atomic mass is 15.3. The van der Waals surface area contributed by atoms with Crippen LogP contribution < -0.4 is 5.32 Å². The van der Waals surface area contributed by atoms with Gasteiger partial charge in [0.05, 0.1) is 0 Å². The lowest BCUT2D eigenvalue weighted by atomic mass is 9.98. The normalized spacial score (nSPS) is 28.9. The maximum absolute atomic E-state index is 3.57. The Bertz CT molecular complexity index is 398. The lowest BCUT2D eigenvalue weighted by molar-refractivity contribution is 0.0812. The Morgan fingerprint density at radius 2 is 1.80 bits per heavy atom. The smallest absolute Gasteiger partial charge is 0.0261 e. The Morgan fingerprint density at radius 3 is 2.50 bits per heavy atom. The van der Waals surface area contributed by atoms with Crippen molar-refractivity contribution in [2.75, 3.05) is 39.3 Å². The molecule has 3 rings (SSSR count). The van der Waals surface area contributed by atoms with Gasteiger partial charge in [0.2, 0.25) is 0 Å². The number of piperazine rings is 1. The molecule has 2 aliphatic heterocycles. The number of hydrogen-bond donors (Lipinski definition) is 1. The van der Waals surface area contributed by atoms with E-state index in [0.717, 1.165) is 18.5 Å². The third-order valence-electron chi connectivity index (χ3n) is 4.95. The average Bonchev–Trinajstić information content (AvgIpc) is 2.98. The van der Waals surface area contributed by atoms with Crippen LogP contribution in [0.3, 0.4) is 0 Å². The van der Waals surface area contributed by atoms with E-state index in [0.29, 0.717) is 0 Å². The van der Waals surface area contributed by atoms with E-state index in [2.05, 4.69) is 52.4 Å². The van der Waals surface area contributed by atoms with E-state index in [9.17, 15) is 0 Å². The van der Waals surface area contributed by atoms with Gasteiger partial charge in [0.1, 0.15) is 0 Å². The molecule has 110 valence electrons. The topological polar surface area (TPSA) is 18.5 Å². The van der Waals surface area contributed by atoms with Gasteiger partial charge in [-0.2, -0.15) is 0 Å². The van der Waals surface area contributed by atoms with Gasteiger partial charge in [-0.1, -0.05) is 43.7 Å². The fourth-order valence-electron chi connectivity index (χ4n) is 3.66. The summed E-state index contributed by atoms with van der Waals surface area (Å²) >= 11 is 0. The summed E-state index contributed by atoms with van der Waals surface area (Å²) in [6.45, 7) is 10.7. The van der Waals surface area contributed by atoms with Crippen molar-refractivity contribution in [1.82, 2.24) is 15.1 Å². The van der Waals surface area contributed by atoms with E-state index < -0.39 is 0 Å². The van der Waals surface area contributed by atoms with Crippen LogP contribution in [0.4, 0.5) is 0 Å². The minimum atomic E-state index is 0.777. The Morgan fingerprint density at radius 1 is 1.05 bits per heavy atom. The van der Waals surface area contributed by atoms with E-state index in [1.54, 1.807) is 0 Å². The average molecular weight is 273 g/mol. The molecule has 0 saturated carbocycles. The van der Waals surface area contributed by atoms with E-state index in [1.165, 1.54) is 51.3 Å². The van der Waals surface area contributed by atoms with Gasteiger partial charge in [-0.15, -0.1) is 0 Å². The van der Waals surface area contributed by atoms with Crippen molar-refractivity contribution in [3.63, 3.8) is 0 Å². The van der Waals surface area contributed by atoms with Crippen LogP contribution >= 0.6 is 0 Å². The van der Waals surface area contributed by atoms with Crippen LogP contribution in [0, 0.1) is 5.92 Å². The summed E-state index contributed by atoms with van der Waals surface area (Å²) in [5, 5.41) is 3.57. The molecule has 3 nitrogen and oxygen atoms in total. The van der Waals surface area contributed by atoms with Gasteiger partial charge in [0, 0.05) is 45.3 Å². The first-order chi connectivity index (χ1) is 9.86. The van der Waals surface area contributed by atoms with Crippen molar-refractivity contribution in [1.29, 1.82) is 0 Å². The number of hydrogen-bond acceptors (Lipinski definition) is 3. The van der Waals surface area contributed by atoms with Gasteiger partial charge in [-0.25, -0.2) is 0 Å². The second-order valence-corrected chi connectivity index (χ2v) is 6.19. The van der Waals surface area contributed by atoms with Gasteiger partial charge in [-0.05, 0) is 18.0 Å². The van der Waals surface area contributed by atoms with Gasteiger partial charge in [-0.3, -0.25) is 9.80 Å². The molecule has 3 heteroatoms. The number of benzene rings is 1. The molecule has 0 aromatic heterocycles. The van der Waals surface area contributed by atoms with Crippen molar-refractivity contribution in [2.24, 2.45) is 5.92 Å². The zero-order chi connectivity index (χ0) is 13.8. The molecule has 2 aliphatic rings. The quantitative estimate of drug-likeness (QED) is 0.902. The Balaban J connectivity index is 1.49. The lowest BCUT2D eigenvalue weighted by Gasteiger charge is -2.39. The third kappa shape index (κ3) is 3.22. The molecule has 1 N–H and O–H groups in total. The minimum Gasteiger partial charge on any atom is -0.315 e. The molecule has 1 aromatic carbocycles. The predicted octanol–water partition coefficient (Wildman–Crippen LogP) is 1.80. The summed E-state index contributed by atoms with van der Waals surface area (Å²) in [6, 6.07) is 11.6. The molecule has 0 radical (unpaired) electrons. The van der Waals surface area contributed by atoms with Crippen molar-refractivity contribution in [3.8, 4) is 0 Å². The summed E-state index contributed by atoms with van der Waals surface area (Å²) in [5.74, 6) is 0.857. The van der Waals surface area contributed by atoms with Crippen molar-refractivity contribution >= 4 is 0 Å². The van der Waals surface area contributed by atoms with Gasteiger partial charge >= 0.3 is 0 Å². The van der Waals surface area contributed by atoms with Gasteiger partial charge in [0.15, 0.2) is 0 Å². The zero-order valence-corrected chi connectivity index (χ0v) is 12.6. The van der Waals surface area contributed by atoms with Gasteiger partial charge in [0.25, 0.3) is 0 Å². The van der Waals surface area contributed by atoms with Crippen LogP contribution in [0.5, 0.6) is 0 Å². The minimum absolute atomic E-state index is 0.777. The van der Waals surface area contributed by atoms with Crippen LogP contribution in [-0.2, 0) is 6.54 Å². The molecule has 0 aliphatic carbocycles. The molecule has 0 spiro atoms. The highest BCUT2D eigenvalue weighted by Gasteiger charge is 2.32. The molecular weight excluding hydrogens is 246 g/mol. The summed E-state index contributed by atoms with van der Waals surface area (Å²) in [6.07, 6.45) is 1.31. The summed E-state index contributed by atoms with van der Waals surface area (Å²) in [7, 11) is 0. The Labute approximate surface area is 123 Å². The monoisotopic (exact) mass is 273 g/mol. The SMILES string of the molecule is CCC1CNCC1N1CCN(Cc2ccccc2)CC1. The van der Waals surface area contributed by atoms with Crippen molar-refractivity contribution in [2.45, 2.75) is 25.9 Å². The van der Waals surface area contributed by atoms with Crippen LogP contribution in [0.15, 0.2) is 30.3 Å². The fourth-order valence-corrected chi connectivity index (χ4v) is 3.66. The predicted molar refractivity (Wildman–Crippen MR) is 83.7 cm³/mol. The van der Waals surface area contributed by atoms with E-state index >= 15 is 0 Å². The zero-order valence-electron chi connectivity index (χ0n) is 12.6. The third-order valence-corrected chi connectivity index (χ3v) is 4.95. The highest BCUT2D eigenvalue weighted by Crippen LogP contribution is 2.20. The molecule has 0 bridgehead atoms. The molecule has 1 aromatic rings. The maximum atomic E-state index is 3.57. The summed E-state index contributed by atoms with van der Waals surface area (Å²) in [5.41, 5.74) is 1.44. The standard InChI is InChI=1S/C17H27N3/c1-2-16-12-18-13-17(16)20-10-8-19(9-11-20)14-15-6-4-3-5-7-15/h3-7,16-18H,2,8-14H2,1H3. The molecule has 2 unspecified atom stereocenters. The number of nitrogens with zero attached hydrogens (tertiary/aromatic N) is 2. The molecule has 2 saturated heterocycles. The van der Waals surface area contributed by atoms with Crippen molar-refractivity contribution in [3.05, 3.63) is 35.9 Å². The van der Waals surface area contributed by atoms with E-state index in [4.69, 9.17) is 0 Å². The molecule has 0 amide bonds. The molecule has 2 fully saturated rings. The van der Waals surface area contributed by atoms with Crippen LogP contribution in [0.25, 0.3) is 0 Å². The summed E-state index contributed by atoms with van der Waals surface area (Å²) < 4.78 is 0. The van der Waals surface area contributed by atoms with Crippen LogP contribution in [0.1, 0.15) is 18.9 Å². The molecule has 2 heterocycles. The Hall–Kier alpha value is -0.900. The maximum Gasteiger partial charge on any atom is 0.0261 e. The second kappa shape index (κ2) is 6.70. The van der Waals surface area contributed by atoms with E-state index in [-0.39, 0.29) is 0 Å². The molecular formula is C17H27N3. The summed E-state index contributed by atoms with van der Waals surface area (Å²) in [4.78, 5) is 5.31. The largest absolute Gasteiger partial charge is 0.315 e. The second-order valence-electron chi connectivity index (χ2n) is 6.19. The number of rotatable bonds is 4. The number of nitrogens with one attached hydrogen (secondary N) is 1. The van der Waals surface area contributed by atoms with Crippen LogP contribution in [-0.4, -0.2) is 55.1 Å². The Kier molecular flexibility index (Phi) is 4.71. The van der Waals surface area contributed by atoms with E-state index in [1.807, 2.05) is 0 Å². The lowest BCUT2D eigenvalue weighted by Crippen LogP contribution is -2.52.